The molecule has 0 fully saturated rings. The molecule has 0 radical (unpaired) electrons. The molecule has 2 rings (SSSR count). The van der Waals surface area contributed by atoms with Crippen LogP contribution in [-0.4, -0.2) is 15.8 Å². The lowest BCUT2D eigenvalue weighted by atomic mass is 10.1. The van der Waals surface area contributed by atoms with Gasteiger partial charge in [0, 0.05) is 22.8 Å². The van der Waals surface area contributed by atoms with Crippen molar-refractivity contribution in [2.75, 3.05) is 5.32 Å². The minimum absolute atomic E-state index is 0.258. The number of non-ortho nitro benzene ring substituents is 1. The summed E-state index contributed by atoms with van der Waals surface area (Å²) in [5.41, 5.74) is -0.0982. The van der Waals surface area contributed by atoms with E-state index in [1.54, 1.807) is 13.0 Å². The Bertz CT molecular complexity index is 737. The van der Waals surface area contributed by atoms with E-state index in [1.165, 1.54) is 6.20 Å². The van der Waals surface area contributed by atoms with E-state index >= 15 is 0 Å². The third-order valence-electron chi connectivity index (χ3n) is 2.68. The third-order valence-corrected chi connectivity index (χ3v) is 3.12. The van der Waals surface area contributed by atoms with Crippen molar-refractivity contribution in [3.8, 4) is 0 Å². The molecular weight excluding hydrogens is 345 g/mol. The molecule has 21 heavy (non-hydrogen) atoms. The molecule has 0 saturated heterocycles. The molecule has 1 N–H and O–H groups in total. The Kier molecular flexibility index (Phi) is 4.27. The number of anilines is 1. The highest BCUT2D eigenvalue weighted by atomic mass is 79.9. The summed E-state index contributed by atoms with van der Waals surface area (Å²) in [6.45, 7) is 1.72. The van der Waals surface area contributed by atoms with Crippen molar-refractivity contribution >= 4 is 33.3 Å². The number of aryl methyl sites for hydroxylation is 1. The first-order valence-electron chi connectivity index (χ1n) is 5.76. The van der Waals surface area contributed by atoms with Gasteiger partial charge in [-0.2, -0.15) is 0 Å². The second-order valence-corrected chi connectivity index (χ2v) is 5.11. The molecule has 108 valence electrons. The maximum Gasteiger partial charge on any atom is 0.270 e. The molecule has 2 aromatic rings. The SMILES string of the molecule is Cc1cc(Br)cnc1NC(=O)c1cc([N+](=O)[O-])ccc1F. The van der Waals surface area contributed by atoms with Gasteiger partial charge in [0.25, 0.3) is 11.6 Å². The molecule has 8 heteroatoms. The number of aromatic nitrogens is 1. The van der Waals surface area contributed by atoms with Crippen LogP contribution in [0.3, 0.4) is 0 Å². The summed E-state index contributed by atoms with van der Waals surface area (Å²) in [5, 5.41) is 13.1. The first-order valence-corrected chi connectivity index (χ1v) is 6.55. The van der Waals surface area contributed by atoms with Crippen LogP contribution >= 0.6 is 15.9 Å². The molecule has 0 aliphatic heterocycles. The number of benzene rings is 1. The summed E-state index contributed by atoms with van der Waals surface area (Å²) in [7, 11) is 0. The first kappa shape index (κ1) is 15.0. The molecule has 0 unspecified atom stereocenters. The number of hydrogen-bond acceptors (Lipinski definition) is 4. The van der Waals surface area contributed by atoms with Gasteiger partial charge in [0.1, 0.15) is 11.6 Å². The molecule has 0 spiro atoms. The number of nitrogens with one attached hydrogen (secondary N) is 1. The van der Waals surface area contributed by atoms with E-state index < -0.39 is 22.2 Å². The second-order valence-electron chi connectivity index (χ2n) is 4.19. The van der Waals surface area contributed by atoms with Crippen molar-refractivity contribution in [3.63, 3.8) is 0 Å². The minimum atomic E-state index is -0.840. The maximum absolute atomic E-state index is 13.6. The molecule has 0 aliphatic carbocycles. The van der Waals surface area contributed by atoms with Gasteiger partial charge in [0.2, 0.25) is 0 Å². The fourth-order valence-corrected chi connectivity index (χ4v) is 2.09. The Morgan fingerprint density at radius 1 is 1.43 bits per heavy atom. The number of nitrogens with zero attached hydrogens (tertiary/aromatic N) is 2. The summed E-state index contributed by atoms with van der Waals surface area (Å²) in [5.74, 6) is -1.38. The van der Waals surface area contributed by atoms with Gasteiger partial charge in [-0.3, -0.25) is 14.9 Å². The first-order chi connectivity index (χ1) is 9.88. The van der Waals surface area contributed by atoms with Gasteiger partial charge in [-0.05, 0) is 40.5 Å². The minimum Gasteiger partial charge on any atom is -0.306 e. The molecule has 0 bridgehead atoms. The van der Waals surface area contributed by atoms with Crippen LogP contribution in [0.4, 0.5) is 15.9 Å². The van der Waals surface area contributed by atoms with E-state index in [-0.39, 0.29) is 11.5 Å². The predicted octanol–water partition coefficient (Wildman–Crippen LogP) is 3.45. The number of amides is 1. The number of pyridine rings is 1. The summed E-state index contributed by atoms with van der Waals surface area (Å²) < 4.78 is 14.4. The van der Waals surface area contributed by atoms with Gasteiger partial charge in [-0.25, -0.2) is 9.37 Å². The number of carbonyl (C=O) groups is 1. The zero-order chi connectivity index (χ0) is 15.6. The van der Waals surface area contributed by atoms with Gasteiger partial charge in [0.15, 0.2) is 0 Å². The van der Waals surface area contributed by atoms with Crippen molar-refractivity contribution in [2.45, 2.75) is 6.92 Å². The number of rotatable bonds is 3. The molecular formula is C13H9BrFN3O3. The standard InChI is InChI=1S/C13H9BrFN3O3/c1-7-4-8(14)6-16-12(7)17-13(19)10-5-9(18(20)21)2-3-11(10)15/h2-6H,1H3,(H,16,17,19). The zero-order valence-corrected chi connectivity index (χ0v) is 12.3. The van der Waals surface area contributed by atoms with Gasteiger partial charge < -0.3 is 5.32 Å². The maximum atomic E-state index is 13.6. The van der Waals surface area contributed by atoms with Crippen molar-refractivity contribution in [1.82, 2.24) is 4.98 Å². The Labute approximate surface area is 127 Å². The van der Waals surface area contributed by atoms with Gasteiger partial charge >= 0.3 is 0 Å². The van der Waals surface area contributed by atoms with Crippen LogP contribution in [0.5, 0.6) is 0 Å². The molecule has 0 aliphatic rings. The Hall–Kier alpha value is -2.35. The molecule has 6 nitrogen and oxygen atoms in total. The molecule has 1 aromatic carbocycles. The van der Waals surface area contributed by atoms with Gasteiger partial charge in [0.05, 0.1) is 10.5 Å². The predicted molar refractivity (Wildman–Crippen MR) is 77.7 cm³/mol. The highest BCUT2D eigenvalue weighted by molar-refractivity contribution is 9.10. The average Bonchev–Trinajstić information content (AvgIpc) is 2.42. The largest absolute Gasteiger partial charge is 0.306 e. The number of halogens is 2. The summed E-state index contributed by atoms with van der Waals surface area (Å²) in [6, 6.07) is 4.50. The summed E-state index contributed by atoms with van der Waals surface area (Å²) in [4.78, 5) is 26.0. The fourth-order valence-electron chi connectivity index (χ4n) is 1.65. The van der Waals surface area contributed by atoms with E-state index in [4.69, 9.17) is 0 Å². The zero-order valence-electron chi connectivity index (χ0n) is 10.8. The summed E-state index contributed by atoms with van der Waals surface area (Å²) in [6.07, 6.45) is 1.48. The van der Waals surface area contributed by atoms with Crippen LogP contribution in [0.25, 0.3) is 0 Å². The number of carbonyl (C=O) groups excluding carboxylic acids is 1. The quantitative estimate of drug-likeness (QED) is 0.676. The monoisotopic (exact) mass is 353 g/mol. The van der Waals surface area contributed by atoms with Gasteiger partial charge in [-0.1, -0.05) is 0 Å². The van der Waals surface area contributed by atoms with E-state index in [2.05, 4.69) is 26.2 Å². The fraction of sp³-hybridized carbons (Fsp3) is 0.0769. The molecule has 1 aromatic heterocycles. The molecule has 1 heterocycles. The summed E-state index contributed by atoms with van der Waals surface area (Å²) >= 11 is 3.23. The lowest BCUT2D eigenvalue weighted by Gasteiger charge is -2.08. The van der Waals surface area contributed by atoms with Crippen molar-refractivity contribution in [2.24, 2.45) is 0 Å². The van der Waals surface area contributed by atoms with Gasteiger partial charge in [-0.15, -0.1) is 0 Å². The van der Waals surface area contributed by atoms with Crippen LogP contribution in [0.2, 0.25) is 0 Å². The highest BCUT2D eigenvalue weighted by Gasteiger charge is 2.18. The number of nitro benzene ring substituents is 1. The lowest BCUT2D eigenvalue weighted by Crippen LogP contribution is -2.15. The van der Waals surface area contributed by atoms with E-state index in [1.807, 2.05) is 0 Å². The van der Waals surface area contributed by atoms with E-state index in [0.29, 0.717) is 5.56 Å². The van der Waals surface area contributed by atoms with Crippen LogP contribution < -0.4 is 5.32 Å². The van der Waals surface area contributed by atoms with Crippen LogP contribution in [-0.2, 0) is 0 Å². The smallest absolute Gasteiger partial charge is 0.270 e. The Balaban J connectivity index is 2.32. The Morgan fingerprint density at radius 2 is 2.14 bits per heavy atom. The van der Waals surface area contributed by atoms with Crippen LogP contribution in [0.1, 0.15) is 15.9 Å². The van der Waals surface area contributed by atoms with Crippen molar-refractivity contribution in [1.29, 1.82) is 0 Å². The Morgan fingerprint density at radius 3 is 2.76 bits per heavy atom. The normalized spacial score (nSPS) is 10.2. The van der Waals surface area contributed by atoms with Crippen molar-refractivity contribution in [3.05, 3.63) is 62.0 Å². The number of hydrogen-bond donors (Lipinski definition) is 1. The lowest BCUT2D eigenvalue weighted by molar-refractivity contribution is -0.384. The topological polar surface area (TPSA) is 85.1 Å². The van der Waals surface area contributed by atoms with Crippen LogP contribution in [0, 0.1) is 22.9 Å². The molecule has 0 saturated carbocycles. The van der Waals surface area contributed by atoms with E-state index in [0.717, 1.165) is 22.7 Å². The molecule has 0 atom stereocenters. The van der Waals surface area contributed by atoms with Crippen LogP contribution in [0.15, 0.2) is 34.9 Å². The second kappa shape index (κ2) is 5.96. The highest BCUT2D eigenvalue weighted by Crippen LogP contribution is 2.20. The average molecular weight is 354 g/mol. The van der Waals surface area contributed by atoms with Crippen molar-refractivity contribution < 1.29 is 14.1 Å². The number of nitro groups is 1. The third kappa shape index (κ3) is 3.40. The van der Waals surface area contributed by atoms with E-state index in [9.17, 15) is 19.3 Å². The molecule has 1 amide bonds.